The Morgan fingerprint density at radius 3 is 2.21 bits per heavy atom. The molecule has 1 nitrogen and oxygen atoms in total. The van der Waals surface area contributed by atoms with E-state index >= 15 is 0 Å². The molecule has 24 heavy (non-hydrogen) atoms. The zero-order valence-electron chi connectivity index (χ0n) is 14.4. The Morgan fingerprint density at radius 1 is 0.750 bits per heavy atom. The molecule has 4 rings (SSSR count). The number of fused-ring (bicyclic) bond motifs is 1. The highest BCUT2D eigenvalue weighted by atomic mass is 35.5. The van der Waals surface area contributed by atoms with E-state index in [-0.39, 0.29) is 12.4 Å². The molecule has 2 fully saturated rings. The van der Waals surface area contributed by atoms with Crippen molar-refractivity contribution in [1.82, 2.24) is 4.90 Å². The molecular formula is C22H28ClN. The molecule has 0 aliphatic carbocycles. The Balaban J connectivity index is 0.00000169. The van der Waals surface area contributed by atoms with Crippen LogP contribution < -0.4 is 0 Å². The molecule has 0 saturated carbocycles. The third-order valence-electron chi connectivity index (χ3n) is 5.76. The third kappa shape index (κ3) is 3.84. The topological polar surface area (TPSA) is 3.24 Å². The summed E-state index contributed by atoms with van der Waals surface area (Å²) in [7, 11) is 0. The predicted molar refractivity (Wildman–Crippen MR) is 104 cm³/mol. The summed E-state index contributed by atoms with van der Waals surface area (Å²) < 4.78 is 0. The molecule has 0 amide bonds. The predicted octanol–water partition coefficient (Wildman–Crippen LogP) is 5.58. The maximum absolute atomic E-state index is 2.78. The Morgan fingerprint density at radius 2 is 1.46 bits per heavy atom. The summed E-state index contributed by atoms with van der Waals surface area (Å²) in [5, 5.41) is 0. The number of aryl methyl sites for hydroxylation is 2. The van der Waals surface area contributed by atoms with Crippen molar-refractivity contribution in [2.75, 3.05) is 6.54 Å². The van der Waals surface area contributed by atoms with Crippen LogP contribution in [-0.2, 0) is 12.8 Å². The highest BCUT2D eigenvalue weighted by Gasteiger charge is 2.35. The number of piperidine rings is 1. The maximum atomic E-state index is 2.78. The van der Waals surface area contributed by atoms with E-state index in [9.17, 15) is 0 Å². The SMILES string of the molecule is Cl.c1ccc(CCc2ccc(C3CCC4CCCCN43)cc2)cc1. The summed E-state index contributed by atoms with van der Waals surface area (Å²) in [6, 6.07) is 21.9. The molecule has 128 valence electrons. The van der Waals surface area contributed by atoms with Gasteiger partial charge in [-0.25, -0.2) is 0 Å². The average molecular weight is 342 g/mol. The van der Waals surface area contributed by atoms with E-state index in [1.807, 2.05) is 0 Å². The van der Waals surface area contributed by atoms with Crippen molar-refractivity contribution in [3.63, 3.8) is 0 Å². The quantitative estimate of drug-likeness (QED) is 0.701. The van der Waals surface area contributed by atoms with Gasteiger partial charge in [0.2, 0.25) is 0 Å². The van der Waals surface area contributed by atoms with Gasteiger partial charge in [-0.15, -0.1) is 12.4 Å². The van der Waals surface area contributed by atoms with Gasteiger partial charge in [-0.2, -0.15) is 0 Å². The second kappa shape index (κ2) is 8.18. The standard InChI is InChI=1S/C22H27N.ClH/c1-2-6-18(7-3-1)9-10-19-11-13-20(14-12-19)22-16-15-21-8-4-5-17-23(21)22;/h1-3,6-7,11-14,21-22H,4-5,8-10,15-17H2;1H. The fourth-order valence-corrected chi connectivity index (χ4v) is 4.46. The lowest BCUT2D eigenvalue weighted by molar-refractivity contribution is 0.150. The lowest BCUT2D eigenvalue weighted by Gasteiger charge is -2.34. The van der Waals surface area contributed by atoms with Gasteiger partial charge in [0.15, 0.2) is 0 Å². The van der Waals surface area contributed by atoms with Gasteiger partial charge < -0.3 is 0 Å². The summed E-state index contributed by atoms with van der Waals surface area (Å²) in [6.07, 6.45) is 9.29. The maximum Gasteiger partial charge on any atom is 0.0351 e. The number of halogens is 1. The van der Waals surface area contributed by atoms with E-state index < -0.39 is 0 Å². The second-order valence-corrected chi connectivity index (χ2v) is 7.21. The number of benzene rings is 2. The van der Waals surface area contributed by atoms with Gasteiger partial charge in [0.25, 0.3) is 0 Å². The number of nitrogens with zero attached hydrogens (tertiary/aromatic N) is 1. The molecule has 0 N–H and O–H groups in total. The van der Waals surface area contributed by atoms with E-state index in [1.165, 1.54) is 55.3 Å². The van der Waals surface area contributed by atoms with E-state index in [0.717, 1.165) is 18.9 Å². The lowest BCUT2D eigenvalue weighted by Crippen LogP contribution is -2.35. The van der Waals surface area contributed by atoms with Crippen LogP contribution in [0.3, 0.4) is 0 Å². The van der Waals surface area contributed by atoms with E-state index in [2.05, 4.69) is 59.5 Å². The van der Waals surface area contributed by atoms with Gasteiger partial charge in [-0.3, -0.25) is 4.90 Å². The third-order valence-corrected chi connectivity index (χ3v) is 5.76. The van der Waals surface area contributed by atoms with Crippen LogP contribution in [-0.4, -0.2) is 17.5 Å². The second-order valence-electron chi connectivity index (χ2n) is 7.21. The number of hydrogen-bond donors (Lipinski definition) is 0. The molecule has 2 unspecified atom stereocenters. The Labute approximate surface area is 152 Å². The van der Waals surface area contributed by atoms with Crippen molar-refractivity contribution in [3.8, 4) is 0 Å². The smallest absolute Gasteiger partial charge is 0.0351 e. The summed E-state index contributed by atoms with van der Waals surface area (Å²) in [6.45, 7) is 1.31. The van der Waals surface area contributed by atoms with Crippen LogP contribution in [0.4, 0.5) is 0 Å². The van der Waals surface area contributed by atoms with Crippen LogP contribution in [0.5, 0.6) is 0 Å². The normalized spacial score (nSPS) is 23.5. The molecule has 0 aromatic heterocycles. The average Bonchev–Trinajstić information content (AvgIpc) is 3.05. The number of rotatable bonds is 4. The van der Waals surface area contributed by atoms with Gasteiger partial charge in [-0.05, 0) is 61.8 Å². The van der Waals surface area contributed by atoms with Crippen molar-refractivity contribution >= 4 is 12.4 Å². The van der Waals surface area contributed by atoms with Crippen LogP contribution in [0.1, 0.15) is 54.8 Å². The molecule has 0 spiro atoms. The summed E-state index contributed by atoms with van der Waals surface area (Å²) in [4.78, 5) is 2.78. The fraction of sp³-hybridized carbons (Fsp3) is 0.455. The first-order valence-electron chi connectivity index (χ1n) is 9.29. The zero-order valence-corrected chi connectivity index (χ0v) is 15.2. The first-order valence-corrected chi connectivity index (χ1v) is 9.29. The molecule has 2 aliphatic rings. The van der Waals surface area contributed by atoms with Crippen molar-refractivity contribution in [2.24, 2.45) is 0 Å². The van der Waals surface area contributed by atoms with E-state index in [1.54, 1.807) is 0 Å². The van der Waals surface area contributed by atoms with Crippen LogP contribution in [0, 0.1) is 0 Å². The molecule has 0 radical (unpaired) electrons. The Kier molecular flexibility index (Phi) is 5.97. The van der Waals surface area contributed by atoms with Crippen molar-refractivity contribution in [1.29, 1.82) is 0 Å². The Hall–Kier alpha value is -1.31. The van der Waals surface area contributed by atoms with Gasteiger partial charge in [-0.1, -0.05) is 61.0 Å². The summed E-state index contributed by atoms with van der Waals surface area (Å²) >= 11 is 0. The highest BCUT2D eigenvalue weighted by Crippen LogP contribution is 2.40. The first kappa shape index (κ1) is 17.5. The van der Waals surface area contributed by atoms with Crippen LogP contribution in [0.25, 0.3) is 0 Å². The minimum atomic E-state index is 0. The van der Waals surface area contributed by atoms with E-state index in [0.29, 0.717) is 6.04 Å². The van der Waals surface area contributed by atoms with Gasteiger partial charge in [0, 0.05) is 12.1 Å². The molecule has 2 aliphatic heterocycles. The van der Waals surface area contributed by atoms with Crippen LogP contribution >= 0.6 is 12.4 Å². The van der Waals surface area contributed by atoms with Gasteiger partial charge in [0.1, 0.15) is 0 Å². The van der Waals surface area contributed by atoms with Crippen LogP contribution in [0.2, 0.25) is 0 Å². The minimum absolute atomic E-state index is 0. The largest absolute Gasteiger partial charge is 0.293 e. The van der Waals surface area contributed by atoms with Crippen molar-refractivity contribution in [3.05, 3.63) is 71.3 Å². The molecule has 2 aromatic carbocycles. The number of hydrogen-bond acceptors (Lipinski definition) is 1. The summed E-state index contributed by atoms with van der Waals surface area (Å²) in [5.41, 5.74) is 4.44. The zero-order chi connectivity index (χ0) is 15.5. The lowest BCUT2D eigenvalue weighted by atomic mass is 9.99. The summed E-state index contributed by atoms with van der Waals surface area (Å²) in [5.74, 6) is 0. The molecule has 2 atom stereocenters. The molecular weight excluding hydrogens is 314 g/mol. The molecule has 2 heterocycles. The fourth-order valence-electron chi connectivity index (χ4n) is 4.46. The molecule has 2 heteroatoms. The minimum Gasteiger partial charge on any atom is -0.293 e. The van der Waals surface area contributed by atoms with Gasteiger partial charge in [0.05, 0.1) is 0 Å². The molecule has 2 aromatic rings. The Bertz CT molecular complexity index is 622. The van der Waals surface area contributed by atoms with E-state index in [4.69, 9.17) is 0 Å². The monoisotopic (exact) mass is 341 g/mol. The first-order chi connectivity index (χ1) is 11.4. The van der Waals surface area contributed by atoms with Crippen LogP contribution in [0.15, 0.2) is 54.6 Å². The van der Waals surface area contributed by atoms with Crippen molar-refractivity contribution in [2.45, 2.75) is 57.0 Å². The molecule has 0 bridgehead atoms. The molecule has 2 saturated heterocycles. The highest BCUT2D eigenvalue weighted by molar-refractivity contribution is 5.85. The van der Waals surface area contributed by atoms with Gasteiger partial charge >= 0.3 is 0 Å². The van der Waals surface area contributed by atoms with Crippen molar-refractivity contribution < 1.29 is 0 Å².